The third kappa shape index (κ3) is 4.45. The number of hydrogen-bond donors (Lipinski definition) is 2. The zero-order valence-corrected chi connectivity index (χ0v) is 9.55. The first-order chi connectivity index (χ1) is 7.74. The van der Waals surface area contributed by atoms with Crippen molar-refractivity contribution in [3.8, 4) is 5.75 Å². The highest BCUT2D eigenvalue weighted by Crippen LogP contribution is 2.18. The van der Waals surface area contributed by atoms with Crippen LogP contribution >= 0.6 is 0 Å². The van der Waals surface area contributed by atoms with Crippen molar-refractivity contribution in [3.05, 3.63) is 30.3 Å². The summed E-state index contributed by atoms with van der Waals surface area (Å²) in [5, 5.41) is 8.63. The van der Waals surface area contributed by atoms with Crippen molar-refractivity contribution < 1.29 is 5.11 Å². The number of nitrogens with two attached hydrogens (primary N) is 1. The molecule has 1 aliphatic rings. The topological polar surface area (TPSA) is 58.6 Å². The molecule has 2 atom stereocenters. The van der Waals surface area contributed by atoms with Gasteiger partial charge in [0.1, 0.15) is 5.75 Å². The zero-order chi connectivity index (χ0) is 11.8. The highest BCUT2D eigenvalue weighted by Gasteiger charge is 2.19. The van der Waals surface area contributed by atoms with Crippen molar-refractivity contribution in [3.63, 3.8) is 0 Å². The van der Waals surface area contributed by atoms with Crippen LogP contribution in [0.5, 0.6) is 5.75 Å². The van der Waals surface area contributed by atoms with Crippen LogP contribution in [0, 0.1) is 0 Å². The van der Waals surface area contributed by atoms with E-state index in [1.165, 1.54) is 12.8 Å². The Kier molecular flexibility index (Phi) is 5.57. The van der Waals surface area contributed by atoms with Crippen molar-refractivity contribution in [1.82, 2.24) is 0 Å². The normalized spacial score (nSPS) is 24.1. The lowest BCUT2D eigenvalue weighted by molar-refractivity contribution is 0.388. The summed E-state index contributed by atoms with van der Waals surface area (Å²) in [5.74, 6) is 0.322. The molecule has 1 fully saturated rings. The van der Waals surface area contributed by atoms with Gasteiger partial charge >= 0.3 is 0 Å². The molecule has 0 aromatic heterocycles. The van der Waals surface area contributed by atoms with Gasteiger partial charge in [0, 0.05) is 6.04 Å². The Bertz CT molecular complexity index is 300. The lowest BCUT2D eigenvalue weighted by Gasteiger charge is -2.24. The number of phenols is 1. The standard InChI is InChI=1S/C7H14N2.C6H6O/c1-9-7-5-3-2-4-6(7)8;7-6-4-2-1-3-5-6/h6-7H,1-5,8H2;1-5,7H. The van der Waals surface area contributed by atoms with Gasteiger partial charge in [0.15, 0.2) is 0 Å². The average Bonchev–Trinajstić information content (AvgIpc) is 2.31. The second kappa shape index (κ2) is 7.01. The van der Waals surface area contributed by atoms with Crippen LogP contribution in [0.4, 0.5) is 0 Å². The van der Waals surface area contributed by atoms with Gasteiger partial charge in [-0.15, -0.1) is 0 Å². The van der Waals surface area contributed by atoms with Gasteiger partial charge in [0.25, 0.3) is 0 Å². The third-order valence-electron chi connectivity index (χ3n) is 2.77. The first kappa shape index (κ1) is 12.7. The van der Waals surface area contributed by atoms with Crippen LogP contribution in [-0.4, -0.2) is 23.9 Å². The molecule has 2 unspecified atom stereocenters. The summed E-state index contributed by atoms with van der Waals surface area (Å²) in [6.07, 6.45) is 4.82. The number of aromatic hydroxyl groups is 1. The predicted molar refractivity (Wildman–Crippen MR) is 67.9 cm³/mol. The van der Waals surface area contributed by atoms with Crippen molar-refractivity contribution in [2.75, 3.05) is 0 Å². The SMILES string of the molecule is C=NC1CCCCC1N.Oc1ccccc1. The molecule has 0 aliphatic heterocycles. The van der Waals surface area contributed by atoms with Crippen molar-refractivity contribution in [2.45, 2.75) is 37.8 Å². The van der Waals surface area contributed by atoms with Gasteiger partial charge in [0.05, 0.1) is 6.04 Å². The molecule has 1 aromatic carbocycles. The van der Waals surface area contributed by atoms with Crippen LogP contribution in [-0.2, 0) is 0 Å². The van der Waals surface area contributed by atoms with Gasteiger partial charge in [0.2, 0.25) is 0 Å². The molecule has 1 aromatic rings. The van der Waals surface area contributed by atoms with Crippen molar-refractivity contribution in [1.29, 1.82) is 0 Å². The fourth-order valence-corrected chi connectivity index (χ4v) is 1.79. The van der Waals surface area contributed by atoms with Crippen LogP contribution in [0.2, 0.25) is 0 Å². The number of hydrogen-bond acceptors (Lipinski definition) is 3. The number of phenolic OH excluding ortho intramolecular Hbond substituents is 1. The van der Waals surface area contributed by atoms with E-state index in [1.807, 2.05) is 6.07 Å². The molecule has 1 saturated carbocycles. The monoisotopic (exact) mass is 220 g/mol. The summed E-state index contributed by atoms with van der Waals surface area (Å²) < 4.78 is 0. The highest BCUT2D eigenvalue weighted by atomic mass is 16.3. The van der Waals surface area contributed by atoms with E-state index in [0.717, 1.165) is 12.8 Å². The first-order valence-corrected chi connectivity index (χ1v) is 5.69. The predicted octanol–water partition coefficient (Wildman–Crippen LogP) is 2.35. The second-order valence-electron chi connectivity index (χ2n) is 4.03. The van der Waals surface area contributed by atoms with Crippen LogP contribution in [0.15, 0.2) is 35.3 Å². The average molecular weight is 220 g/mol. The fourth-order valence-electron chi connectivity index (χ4n) is 1.79. The molecule has 0 spiro atoms. The van der Waals surface area contributed by atoms with E-state index in [-0.39, 0.29) is 6.04 Å². The molecule has 0 radical (unpaired) electrons. The lowest BCUT2D eigenvalue weighted by atomic mass is 9.92. The second-order valence-corrected chi connectivity index (χ2v) is 4.03. The molecule has 0 amide bonds. The van der Waals surface area contributed by atoms with Gasteiger partial charge in [-0.1, -0.05) is 31.0 Å². The van der Waals surface area contributed by atoms with Crippen molar-refractivity contribution in [2.24, 2.45) is 10.7 Å². The molecule has 3 heteroatoms. The number of nitrogens with zero attached hydrogens (tertiary/aromatic N) is 1. The summed E-state index contributed by atoms with van der Waals surface area (Å²) in [6.45, 7) is 3.50. The lowest BCUT2D eigenvalue weighted by Crippen LogP contribution is -2.35. The molecular weight excluding hydrogens is 200 g/mol. The molecule has 3 N–H and O–H groups in total. The Hall–Kier alpha value is -1.35. The molecule has 0 saturated heterocycles. The third-order valence-corrected chi connectivity index (χ3v) is 2.77. The van der Waals surface area contributed by atoms with E-state index in [2.05, 4.69) is 11.7 Å². The molecule has 0 heterocycles. The van der Waals surface area contributed by atoms with E-state index in [1.54, 1.807) is 24.3 Å². The minimum absolute atomic E-state index is 0.288. The summed E-state index contributed by atoms with van der Waals surface area (Å²) in [5.41, 5.74) is 5.76. The Balaban J connectivity index is 0.000000165. The van der Waals surface area contributed by atoms with Gasteiger partial charge in [-0.25, -0.2) is 0 Å². The summed E-state index contributed by atoms with van der Waals surface area (Å²) in [4.78, 5) is 3.95. The number of aliphatic imine (C=N–C) groups is 1. The van der Waals surface area contributed by atoms with Gasteiger partial charge in [-0.3, -0.25) is 4.99 Å². The molecule has 3 nitrogen and oxygen atoms in total. The minimum Gasteiger partial charge on any atom is -0.508 e. The van der Waals surface area contributed by atoms with E-state index in [0.29, 0.717) is 11.8 Å². The number of para-hydroxylation sites is 1. The van der Waals surface area contributed by atoms with Crippen LogP contribution in [0.25, 0.3) is 0 Å². The summed E-state index contributed by atoms with van der Waals surface area (Å²) >= 11 is 0. The van der Waals surface area contributed by atoms with Crippen LogP contribution < -0.4 is 5.73 Å². The first-order valence-electron chi connectivity index (χ1n) is 5.69. The van der Waals surface area contributed by atoms with Gasteiger partial charge in [-0.05, 0) is 31.7 Å². The Labute approximate surface area is 97.0 Å². The minimum atomic E-state index is 0.288. The molecule has 16 heavy (non-hydrogen) atoms. The Morgan fingerprint density at radius 3 is 2.19 bits per heavy atom. The van der Waals surface area contributed by atoms with E-state index < -0.39 is 0 Å². The highest BCUT2D eigenvalue weighted by molar-refractivity contribution is 5.24. The maximum atomic E-state index is 8.63. The molecule has 88 valence electrons. The van der Waals surface area contributed by atoms with E-state index in [4.69, 9.17) is 10.8 Å². The fraction of sp³-hybridized carbons (Fsp3) is 0.462. The number of rotatable bonds is 1. The maximum Gasteiger partial charge on any atom is 0.115 e. The molecular formula is C13H20N2O. The largest absolute Gasteiger partial charge is 0.508 e. The van der Waals surface area contributed by atoms with E-state index in [9.17, 15) is 0 Å². The smallest absolute Gasteiger partial charge is 0.115 e. The van der Waals surface area contributed by atoms with Gasteiger partial charge in [-0.2, -0.15) is 0 Å². The number of benzene rings is 1. The molecule has 1 aliphatic carbocycles. The van der Waals surface area contributed by atoms with Gasteiger partial charge < -0.3 is 10.8 Å². The summed E-state index contributed by atoms with van der Waals surface area (Å²) in [7, 11) is 0. The molecule has 2 rings (SSSR count). The quantitative estimate of drug-likeness (QED) is 0.714. The van der Waals surface area contributed by atoms with Crippen molar-refractivity contribution >= 4 is 6.72 Å². The maximum absolute atomic E-state index is 8.63. The van der Waals surface area contributed by atoms with Crippen LogP contribution in [0.3, 0.4) is 0 Å². The Morgan fingerprint density at radius 2 is 1.81 bits per heavy atom. The Morgan fingerprint density at radius 1 is 1.19 bits per heavy atom. The molecule has 0 bridgehead atoms. The van der Waals surface area contributed by atoms with E-state index >= 15 is 0 Å². The van der Waals surface area contributed by atoms with Crippen LogP contribution in [0.1, 0.15) is 25.7 Å². The summed E-state index contributed by atoms with van der Waals surface area (Å²) in [6, 6.07) is 9.35. The zero-order valence-electron chi connectivity index (χ0n) is 9.55.